The Balaban J connectivity index is 2.24. The molecule has 4 nitrogen and oxygen atoms in total. The molecule has 0 amide bonds. The molecule has 1 fully saturated rings. The van der Waals surface area contributed by atoms with Gasteiger partial charge in [0.15, 0.2) is 0 Å². The van der Waals surface area contributed by atoms with Gasteiger partial charge in [-0.3, -0.25) is 4.68 Å². The maximum Gasteiger partial charge on any atom is 0.123 e. The molecule has 1 aromatic rings. The molecule has 96 valence electrons. The topological polar surface area (TPSA) is 47.3 Å². The molecule has 1 aliphatic heterocycles. The van der Waals surface area contributed by atoms with Crippen molar-refractivity contribution < 1.29 is 9.84 Å². The Hall–Kier alpha value is -0.390. The van der Waals surface area contributed by atoms with Crippen LogP contribution in [0.2, 0.25) is 0 Å². The predicted octanol–water partition coefficient (Wildman–Crippen LogP) is 2.83. The SMILES string of the molecule is CC1CCC(C(O)c2c(Br)cnn2C(C)C)O1. The lowest BCUT2D eigenvalue weighted by atomic mass is 10.1. The van der Waals surface area contributed by atoms with Gasteiger partial charge < -0.3 is 9.84 Å². The molecular formula is C12H19BrN2O2. The molecule has 0 bridgehead atoms. The number of nitrogens with zero attached hydrogens (tertiary/aromatic N) is 2. The standard InChI is InChI=1S/C12H19BrN2O2/c1-7(2)15-11(9(13)6-14-15)12(16)10-5-4-8(3)17-10/h6-8,10,12,16H,4-5H2,1-3H3. The summed E-state index contributed by atoms with van der Waals surface area (Å²) >= 11 is 3.45. The van der Waals surface area contributed by atoms with Crippen LogP contribution in [0, 0.1) is 0 Å². The van der Waals surface area contributed by atoms with Gasteiger partial charge in [0.1, 0.15) is 6.10 Å². The summed E-state index contributed by atoms with van der Waals surface area (Å²) < 4.78 is 8.42. The minimum Gasteiger partial charge on any atom is -0.384 e. The molecule has 3 unspecified atom stereocenters. The van der Waals surface area contributed by atoms with E-state index in [0.29, 0.717) is 0 Å². The minimum absolute atomic E-state index is 0.115. The van der Waals surface area contributed by atoms with Gasteiger partial charge >= 0.3 is 0 Å². The van der Waals surface area contributed by atoms with Crippen molar-refractivity contribution in [1.29, 1.82) is 0 Å². The van der Waals surface area contributed by atoms with Crippen LogP contribution in [0.25, 0.3) is 0 Å². The van der Waals surface area contributed by atoms with Gasteiger partial charge in [0.05, 0.1) is 28.6 Å². The van der Waals surface area contributed by atoms with Crippen LogP contribution < -0.4 is 0 Å². The van der Waals surface area contributed by atoms with E-state index in [9.17, 15) is 5.11 Å². The van der Waals surface area contributed by atoms with Crippen LogP contribution in [0.3, 0.4) is 0 Å². The van der Waals surface area contributed by atoms with Gasteiger partial charge in [0.25, 0.3) is 0 Å². The third-order valence-corrected chi connectivity index (χ3v) is 3.78. The Kier molecular flexibility index (Phi) is 3.90. The van der Waals surface area contributed by atoms with E-state index in [1.165, 1.54) is 0 Å². The Morgan fingerprint density at radius 3 is 2.76 bits per heavy atom. The molecule has 1 N–H and O–H groups in total. The molecule has 5 heteroatoms. The van der Waals surface area contributed by atoms with Crippen LogP contribution in [-0.2, 0) is 4.74 Å². The van der Waals surface area contributed by atoms with Gasteiger partial charge in [-0.2, -0.15) is 5.10 Å². The van der Waals surface area contributed by atoms with Crippen LogP contribution in [0.15, 0.2) is 10.7 Å². The van der Waals surface area contributed by atoms with Crippen molar-refractivity contribution in [2.24, 2.45) is 0 Å². The van der Waals surface area contributed by atoms with Crippen molar-refractivity contribution in [2.45, 2.75) is 58.0 Å². The van der Waals surface area contributed by atoms with Crippen LogP contribution in [0.5, 0.6) is 0 Å². The summed E-state index contributed by atoms with van der Waals surface area (Å²) in [6.45, 7) is 6.14. The maximum atomic E-state index is 10.4. The van der Waals surface area contributed by atoms with Crippen molar-refractivity contribution >= 4 is 15.9 Å². The first-order valence-corrected chi connectivity index (χ1v) is 6.86. The average molecular weight is 303 g/mol. The summed E-state index contributed by atoms with van der Waals surface area (Å²) in [5.41, 5.74) is 0.819. The summed E-state index contributed by atoms with van der Waals surface area (Å²) in [7, 11) is 0. The highest BCUT2D eigenvalue weighted by Crippen LogP contribution is 2.34. The summed E-state index contributed by atoms with van der Waals surface area (Å²) in [6, 6.07) is 0.227. The van der Waals surface area contributed by atoms with Gasteiger partial charge in [0.2, 0.25) is 0 Å². The zero-order valence-corrected chi connectivity index (χ0v) is 12.0. The molecule has 0 saturated carbocycles. The first-order chi connectivity index (χ1) is 8.00. The first kappa shape index (κ1) is 13.1. The minimum atomic E-state index is -0.612. The van der Waals surface area contributed by atoms with Crippen molar-refractivity contribution in [2.75, 3.05) is 0 Å². The monoisotopic (exact) mass is 302 g/mol. The lowest BCUT2D eigenvalue weighted by molar-refractivity contribution is -0.0338. The number of aliphatic hydroxyl groups is 1. The van der Waals surface area contributed by atoms with Crippen molar-refractivity contribution in [1.82, 2.24) is 9.78 Å². The van der Waals surface area contributed by atoms with Gasteiger partial charge in [0, 0.05) is 6.04 Å². The zero-order chi connectivity index (χ0) is 12.6. The average Bonchev–Trinajstić information content (AvgIpc) is 2.83. The lowest BCUT2D eigenvalue weighted by Gasteiger charge is -2.21. The number of halogens is 1. The highest BCUT2D eigenvalue weighted by molar-refractivity contribution is 9.10. The van der Waals surface area contributed by atoms with Crippen LogP contribution in [0.1, 0.15) is 51.5 Å². The number of aromatic nitrogens is 2. The number of rotatable bonds is 3. The molecule has 1 aliphatic rings. The third-order valence-electron chi connectivity index (χ3n) is 3.17. The number of hydrogen-bond acceptors (Lipinski definition) is 3. The van der Waals surface area contributed by atoms with Crippen LogP contribution >= 0.6 is 15.9 Å². The Bertz CT molecular complexity index is 392. The second kappa shape index (κ2) is 5.08. The fourth-order valence-corrected chi connectivity index (χ4v) is 2.79. The highest BCUT2D eigenvalue weighted by Gasteiger charge is 2.32. The Morgan fingerprint density at radius 2 is 2.24 bits per heavy atom. The molecule has 2 rings (SSSR count). The molecule has 0 radical (unpaired) electrons. The predicted molar refractivity (Wildman–Crippen MR) is 68.8 cm³/mol. The Labute approximate surface area is 110 Å². The molecule has 1 saturated heterocycles. The summed E-state index contributed by atoms with van der Waals surface area (Å²) in [4.78, 5) is 0. The second-order valence-corrected chi connectivity index (χ2v) is 5.78. The zero-order valence-electron chi connectivity index (χ0n) is 10.4. The summed E-state index contributed by atoms with van der Waals surface area (Å²) in [5.74, 6) is 0. The molecule has 3 atom stereocenters. The molecule has 17 heavy (non-hydrogen) atoms. The molecule has 0 aromatic carbocycles. The van der Waals surface area contributed by atoms with Gasteiger partial charge in [-0.05, 0) is 49.5 Å². The lowest BCUT2D eigenvalue weighted by Crippen LogP contribution is -2.23. The van der Waals surface area contributed by atoms with E-state index in [2.05, 4.69) is 21.0 Å². The van der Waals surface area contributed by atoms with E-state index >= 15 is 0 Å². The number of hydrogen-bond donors (Lipinski definition) is 1. The first-order valence-electron chi connectivity index (χ1n) is 6.07. The number of aliphatic hydroxyl groups excluding tert-OH is 1. The van der Waals surface area contributed by atoms with Crippen LogP contribution in [-0.4, -0.2) is 27.1 Å². The quantitative estimate of drug-likeness (QED) is 0.934. The van der Waals surface area contributed by atoms with Crippen LogP contribution in [0.4, 0.5) is 0 Å². The van der Waals surface area contributed by atoms with Gasteiger partial charge in [-0.1, -0.05) is 0 Å². The van der Waals surface area contributed by atoms with E-state index in [1.54, 1.807) is 6.20 Å². The van der Waals surface area contributed by atoms with E-state index in [-0.39, 0.29) is 18.2 Å². The van der Waals surface area contributed by atoms with Crippen molar-refractivity contribution in [3.8, 4) is 0 Å². The summed E-state index contributed by atoms with van der Waals surface area (Å²) in [5, 5.41) is 14.7. The third kappa shape index (κ3) is 2.56. The van der Waals surface area contributed by atoms with E-state index in [0.717, 1.165) is 23.0 Å². The molecule has 1 aromatic heterocycles. The highest BCUT2D eigenvalue weighted by atomic mass is 79.9. The molecular weight excluding hydrogens is 284 g/mol. The molecule has 2 heterocycles. The molecule has 0 aliphatic carbocycles. The second-order valence-electron chi connectivity index (χ2n) is 4.92. The fourth-order valence-electron chi connectivity index (χ4n) is 2.28. The van der Waals surface area contributed by atoms with Gasteiger partial charge in [-0.25, -0.2) is 0 Å². The van der Waals surface area contributed by atoms with Gasteiger partial charge in [-0.15, -0.1) is 0 Å². The Morgan fingerprint density at radius 1 is 1.53 bits per heavy atom. The van der Waals surface area contributed by atoms with E-state index in [1.807, 2.05) is 25.5 Å². The van der Waals surface area contributed by atoms with E-state index < -0.39 is 6.10 Å². The molecule has 0 spiro atoms. The maximum absolute atomic E-state index is 10.4. The summed E-state index contributed by atoms with van der Waals surface area (Å²) in [6.07, 6.45) is 3.16. The largest absolute Gasteiger partial charge is 0.384 e. The van der Waals surface area contributed by atoms with Crippen molar-refractivity contribution in [3.05, 3.63) is 16.4 Å². The normalized spacial score (nSPS) is 26.7. The van der Waals surface area contributed by atoms with E-state index in [4.69, 9.17) is 4.74 Å². The number of ether oxygens (including phenoxy) is 1. The fraction of sp³-hybridized carbons (Fsp3) is 0.750. The smallest absolute Gasteiger partial charge is 0.123 e. The van der Waals surface area contributed by atoms with Crippen molar-refractivity contribution in [3.63, 3.8) is 0 Å².